The number of carbonyl (C=O) groups excluding carboxylic acids is 1. The van der Waals surface area contributed by atoms with Crippen molar-refractivity contribution in [2.24, 2.45) is 0 Å². The van der Waals surface area contributed by atoms with Crippen LogP contribution in [0, 0.1) is 0 Å². The third-order valence-electron chi connectivity index (χ3n) is 5.93. The quantitative estimate of drug-likeness (QED) is 0.712. The second-order valence-corrected chi connectivity index (χ2v) is 7.76. The summed E-state index contributed by atoms with van der Waals surface area (Å²) >= 11 is 0. The molecule has 154 valence electrons. The molecule has 7 nitrogen and oxygen atoms in total. The largest absolute Gasteiger partial charge is 0.448 e. The summed E-state index contributed by atoms with van der Waals surface area (Å²) in [6, 6.07) is 16.0. The molecule has 3 aromatic rings. The summed E-state index contributed by atoms with van der Waals surface area (Å²) in [6.45, 7) is 2.35. The number of aliphatic hydroxyl groups is 1. The fraction of sp³-hybridized carbons (Fsp3) is 0.348. The lowest BCUT2D eigenvalue weighted by atomic mass is 9.98. The van der Waals surface area contributed by atoms with E-state index in [9.17, 15) is 9.90 Å². The number of benzene rings is 2. The Hall–Kier alpha value is -3.19. The molecule has 2 aromatic carbocycles. The maximum absolute atomic E-state index is 12.9. The first-order chi connectivity index (χ1) is 14.7. The van der Waals surface area contributed by atoms with E-state index in [2.05, 4.69) is 34.4 Å². The van der Waals surface area contributed by atoms with Crippen LogP contribution in [0.2, 0.25) is 0 Å². The highest BCUT2D eigenvalue weighted by Crippen LogP contribution is 2.44. The second-order valence-electron chi connectivity index (χ2n) is 7.76. The summed E-state index contributed by atoms with van der Waals surface area (Å²) in [7, 11) is 0. The molecule has 2 aliphatic rings. The summed E-state index contributed by atoms with van der Waals surface area (Å²) in [5.41, 5.74) is 4.69. The molecule has 0 bridgehead atoms. The number of carbonyl (C=O) groups is 1. The SMILES string of the molecule is CCc1noc([C@H]2C[C@H](O)CN2C(=O)OCC2c3ccccc3-c3ccccc32)n1. The number of aliphatic hydroxyl groups excluding tert-OH is 1. The lowest BCUT2D eigenvalue weighted by molar-refractivity contribution is 0.0864. The van der Waals surface area contributed by atoms with Gasteiger partial charge in [-0.25, -0.2) is 4.79 Å². The van der Waals surface area contributed by atoms with Gasteiger partial charge in [0.05, 0.1) is 12.6 Å². The molecule has 1 saturated heterocycles. The molecular weight excluding hydrogens is 382 g/mol. The molecule has 1 aliphatic carbocycles. The number of aryl methyl sites for hydroxylation is 1. The molecule has 0 saturated carbocycles. The molecule has 0 spiro atoms. The molecule has 5 rings (SSSR count). The van der Waals surface area contributed by atoms with Gasteiger partial charge in [-0.3, -0.25) is 4.90 Å². The number of hydrogen-bond acceptors (Lipinski definition) is 6. The van der Waals surface area contributed by atoms with Crippen LogP contribution in [0.15, 0.2) is 53.1 Å². The average molecular weight is 405 g/mol. The minimum absolute atomic E-state index is 0.0116. The molecule has 0 unspecified atom stereocenters. The van der Waals surface area contributed by atoms with Gasteiger partial charge in [0.25, 0.3) is 0 Å². The summed E-state index contributed by atoms with van der Waals surface area (Å²) in [4.78, 5) is 18.8. The third kappa shape index (κ3) is 3.15. The number of rotatable bonds is 4. The molecule has 7 heteroatoms. The summed E-state index contributed by atoms with van der Waals surface area (Å²) in [5, 5.41) is 14.1. The van der Waals surface area contributed by atoms with E-state index in [4.69, 9.17) is 9.26 Å². The summed E-state index contributed by atoms with van der Waals surface area (Å²) in [6.07, 6.45) is -0.124. The van der Waals surface area contributed by atoms with Crippen LogP contribution in [-0.4, -0.2) is 45.5 Å². The molecule has 2 heterocycles. The molecule has 2 atom stereocenters. The molecule has 1 fully saturated rings. The van der Waals surface area contributed by atoms with Crippen LogP contribution in [0.4, 0.5) is 4.79 Å². The lowest BCUT2D eigenvalue weighted by Gasteiger charge is -2.22. The van der Waals surface area contributed by atoms with Crippen molar-refractivity contribution in [1.29, 1.82) is 0 Å². The fourth-order valence-electron chi connectivity index (χ4n) is 4.47. The van der Waals surface area contributed by atoms with Gasteiger partial charge in [0.2, 0.25) is 5.89 Å². The fourth-order valence-corrected chi connectivity index (χ4v) is 4.47. The van der Waals surface area contributed by atoms with Crippen LogP contribution in [0.25, 0.3) is 11.1 Å². The summed E-state index contributed by atoms with van der Waals surface area (Å²) < 4.78 is 11.1. The maximum Gasteiger partial charge on any atom is 0.410 e. The van der Waals surface area contributed by atoms with Crippen LogP contribution in [0.5, 0.6) is 0 Å². The number of likely N-dealkylation sites (tertiary alicyclic amines) is 1. The molecule has 1 amide bonds. The number of β-amino-alcohol motifs (C(OH)–C–C–N with tert-alkyl or cyclic N) is 1. The van der Waals surface area contributed by atoms with Gasteiger partial charge in [0, 0.05) is 18.8 Å². The standard InChI is InChI=1S/C23H23N3O4/c1-2-21-24-22(30-25-21)20-11-14(27)12-26(20)23(28)29-13-19-17-9-5-3-7-15(17)16-8-4-6-10-18(16)19/h3-10,14,19-20,27H,2,11-13H2,1H3/t14-,20+/m0/s1. The van der Waals surface area contributed by atoms with Crippen LogP contribution in [0.1, 0.15) is 48.1 Å². The van der Waals surface area contributed by atoms with Gasteiger partial charge >= 0.3 is 6.09 Å². The van der Waals surface area contributed by atoms with Gasteiger partial charge < -0.3 is 14.4 Å². The van der Waals surface area contributed by atoms with Crippen molar-refractivity contribution in [1.82, 2.24) is 15.0 Å². The zero-order chi connectivity index (χ0) is 20.7. The maximum atomic E-state index is 12.9. The molecule has 1 aliphatic heterocycles. The summed E-state index contributed by atoms with van der Waals surface area (Å²) in [5.74, 6) is 0.915. The topological polar surface area (TPSA) is 88.7 Å². The van der Waals surface area contributed by atoms with Crippen molar-refractivity contribution in [3.63, 3.8) is 0 Å². The van der Waals surface area contributed by atoms with Crippen molar-refractivity contribution in [3.05, 3.63) is 71.4 Å². The van der Waals surface area contributed by atoms with Gasteiger partial charge in [-0.1, -0.05) is 60.6 Å². The zero-order valence-corrected chi connectivity index (χ0v) is 16.7. The second kappa shape index (κ2) is 7.57. The Kier molecular flexibility index (Phi) is 4.75. The number of ether oxygens (including phenoxy) is 1. The Morgan fingerprint density at radius 2 is 1.83 bits per heavy atom. The number of amides is 1. The Bertz CT molecular complexity index is 1030. The van der Waals surface area contributed by atoms with E-state index in [-0.39, 0.29) is 19.1 Å². The smallest absolute Gasteiger partial charge is 0.410 e. The lowest BCUT2D eigenvalue weighted by Crippen LogP contribution is -2.33. The number of fused-ring (bicyclic) bond motifs is 3. The minimum Gasteiger partial charge on any atom is -0.448 e. The Balaban J connectivity index is 1.34. The van der Waals surface area contributed by atoms with Crippen LogP contribution in [0.3, 0.4) is 0 Å². The molecule has 0 radical (unpaired) electrons. The van der Waals surface area contributed by atoms with Gasteiger partial charge in [-0.2, -0.15) is 4.98 Å². The Labute approximate surface area is 174 Å². The van der Waals surface area contributed by atoms with E-state index in [0.29, 0.717) is 24.6 Å². The number of nitrogens with zero attached hydrogens (tertiary/aromatic N) is 3. The number of aromatic nitrogens is 2. The molecular formula is C23H23N3O4. The minimum atomic E-state index is -0.646. The normalized spacial score (nSPS) is 20.3. The highest BCUT2D eigenvalue weighted by atomic mass is 16.6. The van der Waals surface area contributed by atoms with Crippen molar-refractivity contribution in [3.8, 4) is 11.1 Å². The van der Waals surface area contributed by atoms with Crippen molar-refractivity contribution < 1.29 is 19.2 Å². The van der Waals surface area contributed by atoms with Gasteiger partial charge in [0.1, 0.15) is 12.6 Å². The van der Waals surface area contributed by atoms with Crippen LogP contribution < -0.4 is 0 Å². The van der Waals surface area contributed by atoms with Crippen molar-refractivity contribution in [2.75, 3.05) is 13.2 Å². The van der Waals surface area contributed by atoms with Crippen LogP contribution >= 0.6 is 0 Å². The van der Waals surface area contributed by atoms with Gasteiger partial charge in [0.15, 0.2) is 5.82 Å². The van der Waals surface area contributed by atoms with Gasteiger partial charge in [-0.05, 0) is 22.3 Å². The van der Waals surface area contributed by atoms with E-state index < -0.39 is 18.2 Å². The molecule has 30 heavy (non-hydrogen) atoms. The zero-order valence-electron chi connectivity index (χ0n) is 16.7. The highest BCUT2D eigenvalue weighted by molar-refractivity contribution is 5.79. The first-order valence-electron chi connectivity index (χ1n) is 10.3. The van der Waals surface area contributed by atoms with Crippen molar-refractivity contribution >= 4 is 6.09 Å². The van der Waals surface area contributed by atoms with Crippen molar-refractivity contribution in [2.45, 2.75) is 37.8 Å². The van der Waals surface area contributed by atoms with E-state index in [1.807, 2.05) is 31.2 Å². The predicted octanol–water partition coefficient (Wildman–Crippen LogP) is 3.69. The third-order valence-corrected chi connectivity index (χ3v) is 5.93. The Morgan fingerprint density at radius 1 is 1.17 bits per heavy atom. The van der Waals surface area contributed by atoms with Crippen LogP contribution in [-0.2, 0) is 11.2 Å². The number of hydrogen-bond donors (Lipinski definition) is 1. The van der Waals surface area contributed by atoms with E-state index >= 15 is 0 Å². The monoisotopic (exact) mass is 405 g/mol. The van der Waals surface area contributed by atoms with E-state index in [1.54, 1.807) is 0 Å². The first-order valence-corrected chi connectivity index (χ1v) is 10.3. The Morgan fingerprint density at radius 3 is 2.47 bits per heavy atom. The average Bonchev–Trinajstić information content (AvgIpc) is 3.47. The highest BCUT2D eigenvalue weighted by Gasteiger charge is 2.40. The predicted molar refractivity (Wildman–Crippen MR) is 109 cm³/mol. The molecule has 1 aromatic heterocycles. The van der Waals surface area contributed by atoms with E-state index in [1.165, 1.54) is 16.0 Å². The molecule has 1 N–H and O–H groups in total. The first kappa shape index (κ1) is 18.8. The van der Waals surface area contributed by atoms with E-state index in [0.717, 1.165) is 11.1 Å². The van der Waals surface area contributed by atoms with Gasteiger partial charge in [-0.15, -0.1) is 0 Å².